The lowest BCUT2D eigenvalue weighted by Crippen LogP contribution is -2.48. The maximum absolute atomic E-state index is 12.4. The first-order chi connectivity index (χ1) is 10.2. The molecule has 0 unspecified atom stereocenters. The summed E-state index contributed by atoms with van der Waals surface area (Å²) >= 11 is 0. The third kappa shape index (κ3) is 2.99. The van der Waals surface area contributed by atoms with Gasteiger partial charge in [-0.2, -0.15) is 0 Å². The van der Waals surface area contributed by atoms with Crippen LogP contribution in [0.3, 0.4) is 0 Å². The largest absolute Gasteiger partial charge is 0.381 e. The predicted molar refractivity (Wildman–Crippen MR) is 81.8 cm³/mol. The van der Waals surface area contributed by atoms with Gasteiger partial charge in [-0.05, 0) is 80.5 Å². The van der Waals surface area contributed by atoms with Crippen LogP contribution in [-0.4, -0.2) is 25.7 Å². The van der Waals surface area contributed by atoms with E-state index in [0.717, 1.165) is 50.4 Å². The van der Waals surface area contributed by atoms with Gasteiger partial charge in [-0.25, -0.2) is 0 Å². The van der Waals surface area contributed by atoms with Crippen molar-refractivity contribution in [3.63, 3.8) is 0 Å². The minimum absolute atomic E-state index is 0.316. The van der Waals surface area contributed by atoms with Crippen LogP contribution >= 0.6 is 0 Å². The van der Waals surface area contributed by atoms with Crippen molar-refractivity contribution in [1.29, 1.82) is 0 Å². The summed E-state index contributed by atoms with van der Waals surface area (Å²) < 4.78 is 5.39. The van der Waals surface area contributed by atoms with E-state index in [4.69, 9.17) is 4.74 Å². The Morgan fingerprint density at radius 1 is 1.10 bits per heavy atom. The van der Waals surface area contributed by atoms with Crippen LogP contribution in [0.5, 0.6) is 0 Å². The van der Waals surface area contributed by atoms with E-state index in [2.05, 4.69) is 5.32 Å². The molecule has 0 aromatic rings. The molecular formula is C18H29NO2. The quantitative estimate of drug-likeness (QED) is 0.845. The van der Waals surface area contributed by atoms with Crippen LogP contribution in [-0.2, 0) is 9.53 Å². The lowest BCUT2D eigenvalue weighted by Gasteiger charge is -2.56. The van der Waals surface area contributed by atoms with Gasteiger partial charge in [-0.1, -0.05) is 0 Å². The number of ether oxygens (including phenoxy) is 1. The van der Waals surface area contributed by atoms with Crippen molar-refractivity contribution in [3.05, 3.63) is 0 Å². The number of carbonyl (C=O) groups excluding carboxylic acids is 1. The zero-order chi connectivity index (χ0) is 14.3. The number of amides is 1. The smallest absolute Gasteiger partial charge is 0.220 e. The summed E-state index contributed by atoms with van der Waals surface area (Å²) in [7, 11) is 0. The van der Waals surface area contributed by atoms with E-state index in [1.54, 1.807) is 0 Å². The van der Waals surface area contributed by atoms with E-state index < -0.39 is 0 Å². The molecule has 5 rings (SSSR count). The molecule has 4 bridgehead atoms. The summed E-state index contributed by atoms with van der Waals surface area (Å²) in [4.78, 5) is 12.4. The van der Waals surface area contributed by atoms with Gasteiger partial charge in [0.1, 0.15) is 0 Å². The standard InChI is InChI=1S/C18H29NO2/c20-17(19-3-1-13-2-4-21-12-13)11-18-8-14-5-15(9-18)7-16(6-14)10-18/h13-16H,1-12H2,(H,19,20)/t13-,14?,15?,16?,18?/m0/s1. The molecule has 3 heteroatoms. The number of hydrogen-bond donors (Lipinski definition) is 1. The zero-order valence-electron chi connectivity index (χ0n) is 13.1. The lowest BCUT2D eigenvalue weighted by atomic mass is 9.49. The fourth-order valence-electron chi connectivity index (χ4n) is 6.14. The molecule has 21 heavy (non-hydrogen) atoms. The van der Waals surface area contributed by atoms with Crippen molar-refractivity contribution in [3.8, 4) is 0 Å². The van der Waals surface area contributed by atoms with E-state index in [1.807, 2.05) is 0 Å². The van der Waals surface area contributed by atoms with Crippen LogP contribution in [0, 0.1) is 29.1 Å². The first-order valence-corrected chi connectivity index (χ1v) is 9.05. The minimum Gasteiger partial charge on any atom is -0.381 e. The van der Waals surface area contributed by atoms with Crippen molar-refractivity contribution in [2.75, 3.05) is 19.8 Å². The van der Waals surface area contributed by atoms with Gasteiger partial charge in [0.05, 0.1) is 0 Å². The molecular weight excluding hydrogens is 262 g/mol. The van der Waals surface area contributed by atoms with E-state index in [9.17, 15) is 4.79 Å². The van der Waals surface area contributed by atoms with Gasteiger partial charge < -0.3 is 10.1 Å². The van der Waals surface area contributed by atoms with E-state index in [0.29, 0.717) is 17.2 Å². The van der Waals surface area contributed by atoms with Gasteiger partial charge >= 0.3 is 0 Å². The van der Waals surface area contributed by atoms with Gasteiger partial charge in [0.15, 0.2) is 0 Å². The van der Waals surface area contributed by atoms with Crippen LogP contribution in [0.25, 0.3) is 0 Å². The molecule has 3 nitrogen and oxygen atoms in total. The van der Waals surface area contributed by atoms with Gasteiger partial charge in [-0.15, -0.1) is 0 Å². The van der Waals surface area contributed by atoms with E-state index >= 15 is 0 Å². The molecule has 1 N–H and O–H groups in total. The van der Waals surface area contributed by atoms with Gasteiger partial charge in [0.25, 0.3) is 0 Å². The Kier molecular flexibility index (Phi) is 3.72. The molecule has 0 spiro atoms. The van der Waals surface area contributed by atoms with Crippen LogP contribution < -0.4 is 5.32 Å². The summed E-state index contributed by atoms with van der Waals surface area (Å²) in [6, 6.07) is 0. The maximum atomic E-state index is 12.4. The third-order valence-corrected chi connectivity index (χ3v) is 6.60. The molecule has 4 saturated carbocycles. The van der Waals surface area contributed by atoms with Crippen LogP contribution in [0.1, 0.15) is 57.8 Å². The zero-order valence-corrected chi connectivity index (χ0v) is 13.1. The highest BCUT2D eigenvalue weighted by molar-refractivity contribution is 5.76. The Labute approximate surface area is 128 Å². The first kappa shape index (κ1) is 14.0. The number of rotatable bonds is 5. The molecule has 0 aromatic carbocycles. The van der Waals surface area contributed by atoms with Gasteiger partial charge in [0.2, 0.25) is 5.91 Å². The molecule has 1 atom stereocenters. The lowest BCUT2D eigenvalue weighted by molar-refractivity contribution is -0.129. The Balaban J connectivity index is 1.26. The van der Waals surface area contributed by atoms with E-state index in [-0.39, 0.29) is 0 Å². The summed E-state index contributed by atoms with van der Waals surface area (Å²) in [6.45, 7) is 2.65. The van der Waals surface area contributed by atoms with Crippen molar-refractivity contribution >= 4 is 5.91 Å². The summed E-state index contributed by atoms with van der Waals surface area (Å²) in [5.41, 5.74) is 0.384. The average molecular weight is 291 g/mol. The highest BCUT2D eigenvalue weighted by atomic mass is 16.5. The molecule has 0 aromatic heterocycles. The molecule has 1 saturated heterocycles. The second-order valence-electron chi connectivity index (χ2n) is 8.46. The molecule has 118 valence electrons. The summed E-state index contributed by atoms with van der Waals surface area (Å²) in [6.07, 6.45) is 11.5. The monoisotopic (exact) mass is 291 g/mol. The number of nitrogens with one attached hydrogen (secondary N) is 1. The molecule has 1 aliphatic heterocycles. The first-order valence-electron chi connectivity index (χ1n) is 9.05. The molecule has 5 aliphatic rings. The Bertz CT molecular complexity index is 365. The van der Waals surface area contributed by atoms with Crippen molar-refractivity contribution < 1.29 is 9.53 Å². The molecule has 0 radical (unpaired) electrons. The van der Waals surface area contributed by atoms with E-state index in [1.165, 1.54) is 44.9 Å². The minimum atomic E-state index is 0.316. The van der Waals surface area contributed by atoms with Crippen LogP contribution in [0.2, 0.25) is 0 Å². The highest BCUT2D eigenvalue weighted by Crippen LogP contribution is 2.61. The normalized spacial score (nSPS) is 44.2. The fraction of sp³-hybridized carbons (Fsp3) is 0.944. The molecule has 5 fully saturated rings. The predicted octanol–water partition coefficient (Wildman–Crippen LogP) is 3.14. The van der Waals surface area contributed by atoms with Crippen molar-refractivity contribution in [2.24, 2.45) is 29.1 Å². The number of hydrogen-bond acceptors (Lipinski definition) is 2. The molecule has 4 aliphatic carbocycles. The Morgan fingerprint density at radius 3 is 2.33 bits per heavy atom. The average Bonchev–Trinajstić information content (AvgIpc) is 2.89. The van der Waals surface area contributed by atoms with Crippen molar-refractivity contribution in [1.82, 2.24) is 5.32 Å². The Hall–Kier alpha value is -0.570. The summed E-state index contributed by atoms with van der Waals surface area (Å²) in [5.74, 6) is 3.82. The highest BCUT2D eigenvalue weighted by Gasteiger charge is 2.51. The Morgan fingerprint density at radius 2 is 1.76 bits per heavy atom. The second-order valence-corrected chi connectivity index (χ2v) is 8.46. The maximum Gasteiger partial charge on any atom is 0.220 e. The van der Waals surface area contributed by atoms with Crippen molar-refractivity contribution in [2.45, 2.75) is 57.8 Å². The third-order valence-electron chi connectivity index (χ3n) is 6.60. The van der Waals surface area contributed by atoms with Gasteiger partial charge in [-0.3, -0.25) is 4.79 Å². The molecule has 1 amide bonds. The van der Waals surface area contributed by atoms with Crippen LogP contribution in [0.15, 0.2) is 0 Å². The molecule has 1 heterocycles. The fourth-order valence-corrected chi connectivity index (χ4v) is 6.14. The van der Waals surface area contributed by atoms with Gasteiger partial charge in [0, 0.05) is 26.2 Å². The topological polar surface area (TPSA) is 38.3 Å². The summed E-state index contributed by atoms with van der Waals surface area (Å²) in [5, 5.41) is 3.19. The SMILES string of the molecule is O=C(CC12CC3CC(CC(C3)C1)C2)NCC[C@H]1CCOC1. The second kappa shape index (κ2) is 5.57. The number of carbonyl (C=O) groups is 1. The van der Waals surface area contributed by atoms with Crippen LogP contribution in [0.4, 0.5) is 0 Å².